The first-order valence-corrected chi connectivity index (χ1v) is 5.84. The van der Waals surface area contributed by atoms with Crippen LogP contribution in [0.25, 0.3) is 0 Å². The lowest BCUT2D eigenvalue weighted by atomic mass is 10.3. The van der Waals surface area contributed by atoms with E-state index in [0.717, 1.165) is 5.75 Å². The zero-order valence-electron chi connectivity index (χ0n) is 10.6. The normalized spacial score (nSPS) is 16.6. The molecule has 0 aliphatic carbocycles. The number of ether oxygens (including phenoxy) is 1. The molecule has 4 heteroatoms. The van der Waals surface area contributed by atoms with Gasteiger partial charge >= 0.3 is 0 Å². The molecule has 1 aromatic carbocycles. The summed E-state index contributed by atoms with van der Waals surface area (Å²) in [6, 6.07) is 9.50. The summed E-state index contributed by atoms with van der Waals surface area (Å²) in [5, 5.41) is 19.0. The van der Waals surface area contributed by atoms with Gasteiger partial charge in [-0.15, -0.1) is 0 Å². The van der Waals surface area contributed by atoms with E-state index in [1.54, 1.807) is 18.7 Å². The summed E-state index contributed by atoms with van der Waals surface area (Å²) in [7, 11) is 0. The van der Waals surface area contributed by atoms with E-state index in [-0.39, 0.29) is 6.10 Å². The number of rotatable bonds is 6. The predicted molar refractivity (Wildman–Crippen MR) is 66.6 cm³/mol. The number of nitrogens with zero attached hydrogens (tertiary/aromatic N) is 1. The van der Waals surface area contributed by atoms with Gasteiger partial charge in [0.25, 0.3) is 0 Å². The van der Waals surface area contributed by atoms with Crippen LogP contribution >= 0.6 is 0 Å². The predicted octanol–water partition coefficient (Wildman–Crippen LogP) is 1.43. The van der Waals surface area contributed by atoms with Gasteiger partial charge in [-0.3, -0.25) is 0 Å². The van der Waals surface area contributed by atoms with Crippen molar-refractivity contribution >= 4 is 0 Å². The number of hydrogen-bond donors (Lipinski definition) is 2. The Bertz CT molecular complexity index is 306. The SMILES string of the molecule is CC(CN(C(C)O)C(C)O)Oc1ccccc1. The Balaban J connectivity index is 2.51. The van der Waals surface area contributed by atoms with E-state index in [1.165, 1.54) is 0 Å². The number of hydrogen-bond acceptors (Lipinski definition) is 4. The number of aliphatic hydroxyl groups is 2. The summed E-state index contributed by atoms with van der Waals surface area (Å²) in [6.45, 7) is 5.62. The van der Waals surface area contributed by atoms with Gasteiger partial charge in [0.2, 0.25) is 0 Å². The molecule has 0 bridgehead atoms. The number of aliphatic hydroxyl groups excluding tert-OH is 2. The van der Waals surface area contributed by atoms with E-state index in [2.05, 4.69) is 0 Å². The van der Waals surface area contributed by atoms with Gasteiger partial charge in [0.15, 0.2) is 0 Å². The third kappa shape index (κ3) is 4.73. The highest BCUT2D eigenvalue weighted by Crippen LogP contribution is 2.12. The second-order valence-electron chi connectivity index (χ2n) is 4.20. The van der Waals surface area contributed by atoms with Crippen molar-refractivity contribution in [3.8, 4) is 5.75 Å². The van der Waals surface area contributed by atoms with E-state index in [4.69, 9.17) is 4.74 Å². The van der Waals surface area contributed by atoms with Gasteiger partial charge in [0, 0.05) is 6.54 Å². The van der Waals surface area contributed by atoms with Crippen molar-refractivity contribution in [1.82, 2.24) is 4.90 Å². The molecular formula is C13H21NO3. The molecule has 4 nitrogen and oxygen atoms in total. The third-order valence-electron chi connectivity index (χ3n) is 2.51. The Hall–Kier alpha value is -1.10. The zero-order chi connectivity index (χ0) is 12.8. The second-order valence-corrected chi connectivity index (χ2v) is 4.20. The largest absolute Gasteiger partial charge is 0.489 e. The standard InChI is InChI=1S/C13H21NO3/c1-10(9-14(11(2)15)12(3)16)17-13-7-5-4-6-8-13/h4-8,10-12,15-16H,9H2,1-3H3. The maximum Gasteiger partial charge on any atom is 0.119 e. The maximum absolute atomic E-state index is 9.51. The topological polar surface area (TPSA) is 52.9 Å². The van der Waals surface area contributed by atoms with Crippen LogP contribution in [0.2, 0.25) is 0 Å². The van der Waals surface area contributed by atoms with E-state index < -0.39 is 12.5 Å². The lowest BCUT2D eigenvalue weighted by Gasteiger charge is -2.30. The molecular weight excluding hydrogens is 218 g/mol. The highest BCUT2D eigenvalue weighted by Gasteiger charge is 2.19. The molecule has 2 N–H and O–H groups in total. The lowest BCUT2D eigenvalue weighted by Crippen LogP contribution is -2.45. The number of benzene rings is 1. The fourth-order valence-electron chi connectivity index (χ4n) is 1.68. The van der Waals surface area contributed by atoms with E-state index >= 15 is 0 Å². The van der Waals surface area contributed by atoms with Gasteiger partial charge in [-0.1, -0.05) is 18.2 Å². The van der Waals surface area contributed by atoms with Crippen LogP contribution in [-0.2, 0) is 0 Å². The molecule has 17 heavy (non-hydrogen) atoms. The summed E-state index contributed by atoms with van der Waals surface area (Å²) in [5.74, 6) is 0.788. The van der Waals surface area contributed by atoms with Gasteiger partial charge in [-0.2, -0.15) is 0 Å². The van der Waals surface area contributed by atoms with Crippen molar-refractivity contribution in [2.75, 3.05) is 6.54 Å². The van der Waals surface area contributed by atoms with Crippen LogP contribution in [0.15, 0.2) is 30.3 Å². The minimum absolute atomic E-state index is 0.110. The van der Waals surface area contributed by atoms with Crippen molar-refractivity contribution < 1.29 is 14.9 Å². The van der Waals surface area contributed by atoms with Gasteiger partial charge in [0.05, 0.1) is 0 Å². The first kappa shape index (κ1) is 14.0. The van der Waals surface area contributed by atoms with Gasteiger partial charge in [-0.25, -0.2) is 4.90 Å². The molecule has 96 valence electrons. The highest BCUT2D eigenvalue weighted by molar-refractivity contribution is 5.21. The third-order valence-corrected chi connectivity index (χ3v) is 2.51. The molecule has 0 heterocycles. The Morgan fingerprint density at radius 2 is 1.59 bits per heavy atom. The van der Waals surface area contributed by atoms with Crippen LogP contribution in [0.1, 0.15) is 20.8 Å². The van der Waals surface area contributed by atoms with E-state index in [1.807, 2.05) is 37.3 Å². The molecule has 0 amide bonds. The Kier molecular flexibility index (Phi) is 5.41. The molecule has 1 aromatic rings. The molecule has 1 rings (SSSR count). The first-order valence-electron chi connectivity index (χ1n) is 5.84. The highest BCUT2D eigenvalue weighted by atomic mass is 16.5. The average molecular weight is 239 g/mol. The van der Waals surface area contributed by atoms with E-state index in [9.17, 15) is 10.2 Å². The molecule has 0 aromatic heterocycles. The minimum atomic E-state index is -0.697. The van der Waals surface area contributed by atoms with Crippen molar-refractivity contribution in [2.24, 2.45) is 0 Å². The lowest BCUT2D eigenvalue weighted by molar-refractivity contribution is -0.0961. The molecule has 0 fully saturated rings. The van der Waals surface area contributed by atoms with Crippen LogP contribution < -0.4 is 4.74 Å². The van der Waals surface area contributed by atoms with Gasteiger partial charge in [-0.05, 0) is 32.9 Å². The minimum Gasteiger partial charge on any atom is -0.489 e. The van der Waals surface area contributed by atoms with Crippen LogP contribution in [0.5, 0.6) is 5.75 Å². The molecule has 3 atom stereocenters. The Morgan fingerprint density at radius 1 is 1.06 bits per heavy atom. The van der Waals surface area contributed by atoms with Crippen molar-refractivity contribution in [3.05, 3.63) is 30.3 Å². The summed E-state index contributed by atoms with van der Waals surface area (Å²) >= 11 is 0. The monoisotopic (exact) mass is 239 g/mol. The molecule has 0 radical (unpaired) electrons. The van der Waals surface area contributed by atoms with Gasteiger partial charge < -0.3 is 14.9 Å². The molecule has 0 aliphatic heterocycles. The molecule has 0 saturated carbocycles. The van der Waals surface area contributed by atoms with Crippen LogP contribution in [0, 0.1) is 0 Å². The van der Waals surface area contributed by atoms with Crippen molar-refractivity contribution in [2.45, 2.75) is 39.3 Å². The van der Waals surface area contributed by atoms with Crippen molar-refractivity contribution in [3.63, 3.8) is 0 Å². The zero-order valence-corrected chi connectivity index (χ0v) is 10.6. The quantitative estimate of drug-likeness (QED) is 0.737. The van der Waals surface area contributed by atoms with Gasteiger partial charge in [0.1, 0.15) is 24.3 Å². The fourth-order valence-corrected chi connectivity index (χ4v) is 1.68. The molecule has 0 aliphatic rings. The maximum atomic E-state index is 9.51. The fraction of sp³-hybridized carbons (Fsp3) is 0.538. The molecule has 3 unspecified atom stereocenters. The average Bonchev–Trinajstić information content (AvgIpc) is 2.26. The molecule has 0 spiro atoms. The summed E-state index contributed by atoms with van der Waals surface area (Å²) in [4.78, 5) is 1.56. The second kappa shape index (κ2) is 6.59. The summed E-state index contributed by atoms with van der Waals surface area (Å²) < 4.78 is 5.68. The van der Waals surface area contributed by atoms with Crippen LogP contribution in [0.4, 0.5) is 0 Å². The molecule has 0 saturated heterocycles. The summed E-state index contributed by atoms with van der Waals surface area (Å²) in [6.07, 6.45) is -1.50. The summed E-state index contributed by atoms with van der Waals surface area (Å²) in [5.41, 5.74) is 0. The Morgan fingerprint density at radius 3 is 2.06 bits per heavy atom. The van der Waals surface area contributed by atoms with Crippen LogP contribution in [0.3, 0.4) is 0 Å². The number of para-hydroxylation sites is 1. The van der Waals surface area contributed by atoms with Crippen molar-refractivity contribution in [1.29, 1.82) is 0 Å². The Labute approximate surface area is 102 Å². The smallest absolute Gasteiger partial charge is 0.119 e. The van der Waals surface area contributed by atoms with Crippen LogP contribution in [-0.4, -0.2) is 40.2 Å². The van der Waals surface area contributed by atoms with E-state index in [0.29, 0.717) is 6.54 Å². The first-order chi connectivity index (χ1) is 8.00.